The summed E-state index contributed by atoms with van der Waals surface area (Å²) in [7, 11) is -4.26. The highest BCUT2D eigenvalue weighted by atomic mass is 32.2. The molecule has 1 aliphatic rings. The summed E-state index contributed by atoms with van der Waals surface area (Å²) < 4.78 is 32.3. The molecule has 0 spiro atoms. The zero-order valence-electron chi connectivity index (χ0n) is 17.0. The molecule has 160 valence electrons. The van der Waals surface area contributed by atoms with Crippen LogP contribution in [0.5, 0.6) is 0 Å². The van der Waals surface area contributed by atoms with E-state index in [0.29, 0.717) is 12.1 Å². The number of hydrogen-bond acceptors (Lipinski definition) is 5. The Kier molecular flexibility index (Phi) is 5.91. The van der Waals surface area contributed by atoms with Gasteiger partial charge in [0.2, 0.25) is 0 Å². The van der Waals surface area contributed by atoms with Gasteiger partial charge < -0.3 is 5.11 Å². The summed E-state index contributed by atoms with van der Waals surface area (Å²) in [4.78, 5) is 12.1. The van der Waals surface area contributed by atoms with Crippen LogP contribution >= 0.6 is 0 Å². The van der Waals surface area contributed by atoms with Gasteiger partial charge in [0.15, 0.2) is 6.23 Å². The van der Waals surface area contributed by atoms with Crippen LogP contribution in [-0.2, 0) is 25.5 Å². The number of nitrogens with one attached hydrogen (secondary N) is 1. The van der Waals surface area contributed by atoms with Crippen molar-refractivity contribution >= 4 is 16.1 Å². The van der Waals surface area contributed by atoms with Gasteiger partial charge in [-0.1, -0.05) is 72.3 Å². The zero-order chi connectivity index (χ0) is 22.0. The predicted octanol–water partition coefficient (Wildman–Crippen LogP) is 3.76. The lowest BCUT2D eigenvalue weighted by Gasteiger charge is -2.27. The van der Waals surface area contributed by atoms with Crippen LogP contribution in [0.3, 0.4) is 0 Å². The number of carboxylic acids is 1. The maximum Gasteiger partial charge on any atom is 0.315 e. The number of hydrogen-bond donors (Lipinski definition) is 2. The first kappa shape index (κ1) is 21.2. The summed E-state index contributed by atoms with van der Waals surface area (Å²) >= 11 is 0. The molecule has 3 aromatic rings. The van der Waals surface area contributed by atoms with Gasteiger partial charge >= 0.3 is 5.97 Å². The molecule has 1 heterocycles. The lowest BCUT2D eigenvalue weighted by atomic mass is 9.90. The summed E-state index contributed by atoms with van der Waals surface area (Å²) in [5.74, 6) is -2.27. The highest BCUT2D eigenvalue weighted by Gasteiger charge is 2.33. The minimum absolute atomic E-state index is 0.140. The largest absolute Gasteiger partial charge is 0.481 e. The summed E-state index contributed by atoms with van der Waals surface area (Å²) in [6.07, 6.45) is -0.0508. The van der Waals surface area contributed by atoms with Crippen molar-refractivity contribution in [1.29, 1.82) is 0 Å². The standard InChI is InChI=1S/C24H23NO5S/c1-16-11-12-21(20(15-16)22(24(26)27)18-8-3-2-4-9-18)31(28,29)30-23-19-10-6-5-7-17(19)13-14-25-23/h2-12,15,22-23,25H,13-14H2,1H3,(H,26,27). The Morgan fingerprint density at radius 3 is 2.52 bits per heavy atom. The number of carbonyl (C=O) groups is 1. The first-order valence-electron chi connectivity index (χ1n) is 9.99. The Morgan fingerprint density at radius 1 is 1.06 bits per heavy atom. The monoisotopic (exact) mass is 437 g/mol. The number of fused-ring (bicyclic) bond motifs is 1. The minimum Gasteiger partial charge on any atom is -0.481 e. The topological polar surface area (TPSA) is 92.7 Å². The smallest absolute Gasteiger partial charge is 0.315 e. The molecule has 0 bridgehead atoms. The van der Waals surface area contributed by atoms with E-state index in [1.807, 2.05) is 24.3 Å². The molecule has 6 nitrogen and oxygen atoms in total. The Labute approximate surface area is 181 Å². The van der Waals surface area contributed by atoms with E-state index in [1.54, 1.807) is 49.4 Å². The second kappa shape index (κ2) is 8.63. The first-order chi connectivity index (χ1) is 14.9. The second-order valence-corrected chi connectivity index (χ2v) is 9.10. The highest BCUT2D eigenvalue weighted by molar-refractivity contribution is 7.86. The molecule has 2 N–H and O–H groups in total. The molecule has 0 aromatic heterocycles. The number of benzene rings is 3. The molecule has 0 radical (unpaired) electrons. The van der Waals surface area contributed by atoms with Gasteiger partial charge in [-0.25, -0.2) is 4.18 Å². The quantitative estimate of drug-likeness (QED) is 0.571. The Morgan fingerprint density at radius 2 is 1.77 bits per heavy atom. The van der Waals surface area contributed by atoms with Crippen molar-refractivity contribution in [3.8, 4) is 0 Å². The highest BCUT2D eigenvalue weighted by Crippen LogP contribution is 2.34. The van der Waals surface area contributed by atoms with Crippen LogP contribution in [0, 0.1) is 6.92 Å². The maximum atomic E-state index is 13.3. The van der Waals surface area contributed by atoms with Crippen LogP contribution < -0.4 is 5.32 Å². The zero-order valence-corrected chi connectivity index (χ0v) is 17.8. The molecule has 4 rings (SSSR count). The molecule has 2 atom stereocenters. The summed E-state index contributed by atoms with van der Waals surface area (Å²) in [5.41, 5.74) is 3.24. The van der Waals surface area contributed by atoms with Gasteiger partial charge in [0.25, 0.3) is 10.1 Å². The summed E-state index contributed by atoms with van der Waals surface area (Å²) in [5, 5.41) is 13.1. The van der Waals surface area contributed by atoms with Gasteiger partial charge in [0, 0.05) is 6.54 Å². The van der Waals surface area contributed by atoms with E-state index in [2.05, 4.69) is 5.32 Å². The van der Waals surface area contributed by atoms with E-state index >= 15 is 0 Å². The van der Waals surface area contributed by atoms with Crippen molar-refractivity contribution in [2.24, 2.45) is 0 Å². The third kappa shape index (κ3) is 4.39. The van der Waals surface area contributed by atoms with Crippen molar-refractivity contribution in [2.75, 3.05) is 6.54 Å². The average Bonchev–Trinajstić information content (AvgIpc) is 2.74. The second-order valence-electron chi connectivity index (χ2n) is 7.56. The van der Waals surface area contributed by atoms with Crippen molar-refractivity contribution in [1.82, 2.24) is 5.32 Å². The lowest BCUT2D eigenvalue weighted by Crippen LogP contribution is -2.33. The molecule has 2 unspecified atom stereocenters. The molecule has 0 amide bonds. The number of rotatable bonds is 6. The Hall–Kier alpha value is -3.00. The fraction of sp³-hybridized carbons (Fsp3) is 0.208. The lowest BCUT2D eigenvalue weighted by molar-refractivity contribution is -0.137. The number of carboxylic acid groups (broad SMARTS) is 1. The van der Waals surface area contributed by atoms with E-state index in [0.717, 1.165) is 23.1 Å². The normalized spacial score (nSPS) is 17.0. The van der Waals surface area contributed by atoms with Gasteiger partial charge in [-0.2, -0.15) is 8.42 Å². The molecular weight excluding hydrogens is 414 g/mol. The number of aliphatic carboxylic acids is 1. The molecular formula is C24H23NO5S. The van der Waals surface area contributed by atoms with Crippen molar-refractivity contribution in [3.63, 3.8) is 0 Å². The van der Waals surface area contributed by atoms with E-state index < -0.39 is 28.2 Å². The molecule has 3 aromatic carbocycles. The van der Waals surface area contributed by atoms with Gasteiger partial charge in [0.05, 0.1) is 4.90 Å². The fourth-order valence-corrected chi connectivity index (χ4v) is 5.18. The van der Waals surface area contributed by atoms with Crippen LogP contribution in [0.2, 0.25) is 0 Å². The third-order valence-corrected chi connectivity index (χ3v) is 6.77. The third-order valence-electron chi connectivity index (χ3n) is 5.41. The Bertz CT molecular complexity index is 1210. The van der Waals surface area contributed by atoms with Gasteiger partial charge in [-0.05, 0) is 41.7 Å². The average molecular weight is 438 g/mol. The van der Waals surface area contributed by atoms with Crippen LogP contribution in [0.15, 0.2) is 77.7 Å². The van der Waals surface area contributed by atoms with Crippen molar-refractivity contribution in [3.05, 3.63) is 101 Å². The van der Waals surface area contributed by atoms with E-state index in [9.17, 15) is 18.3 Å². The molecule has 0 saturated heterocycles. The van der Waals surface area contributed by atoms with Crippen LogP contribution in [0.25, 0.3) is 0 Å². The van der Waals surface area contributed by atoms with Gasteiger partial charge in [-0.15, -0.1) is 0 Å². The van der Waals surface area contributed by atoms with E-state index in [1.165, 1.54) is 6.07 Å². The minimum atomic E-state index is -4.26. The van der Waals surface area contributed by atoms with Gasteiger partial charge in [0.1, 0.15) is 5.92 Å². The predicted molar refractivity (Wildman–Crippen MR) is 116 cm³/mol. The molecule has 31 heavy (non-hydrogen) atoms. The number of aryl methyl sites for hydroxylation is 1. The molecule has 7 heteroatoms. The SMILES string of the molecule is Cc1ccc(S(=O)(=O)OC2NCCc3ccccc32)c(C(C(=O)O)c2ccccc2)c1. The van der Waals surface area contributed by atoms with E-state index in [-0.39, 0.29) is 10.5 Å². The van der Waals surface area contributed by atoms with Crippen LogP contribution in [0.1, 0.15) is 40.0 Å². The first-order valence-corrected chi connectivity index (χ1v) is 11.4. The van der Waals surface area contributed by atoms with Crippen LogP contribution in [-0.4, -0.2) is 26.0 Å². The molecule has 0 fully saturated rings. The molecule has 0 aliphatic carbocycles. The summed E-state index contributed by atoms with van der Waals surface area (Å²) in [6.45, 7) is 2.38. The molecule has 0 saturated carbocycles. The maximum absolute atomic E-state index is 13.3. The van der Waals surface area contributed by atoms with Crippen molar-refractivity contribution in [2.45, 2.75) is 30.4 Å². The van der Waals surface area contributed by atoms with E-state index in [4.69, 9.17) is 4.18 Å². The van der Waals surface area contributed by atoms with Crippen molar-refractivity contribution < 1.29 is 22.5 Å². The summed E-state index contributed by atoms with van der Waals surface area (Å²) in [6, 6.07) is 20.8. The van der Waals surface area contributed by atoms with Gasteiger partial charge in [-0.3, -0.25) is 10.1 Å². The van der Waals surface area contributed by atoms with Crippen LogP contribution in [0.4, 0.5) is 0 Å². The fourth-order valence-electron chi connectivity index (χ4n) is 3.95. The molecule has 1 aliphatic heterocycles. The Balaban J connectivity index is 1.77.